The molecule has 4 heteroatoms. The highest BCUT2D eigenvalue weighted by molar-refractivity contribution is 9.10. The summed E-state index contributed by atoms with van der Waals surface area (Å²) in [5, 5.41) is 0.495. The van der Waals surface area contributed by atoms with E-state index in [4.69, 9.17) is 4.42 Å². The van der Waals surface area contributed by atoms with E-state index in [1.165, 1.54) is 6.26 Å². The van der Waals surface area contributed by atoms with Crippen molar-refractivity contribution in [2.45, 2.75) is 5.09 Å². The van der Waals surface area contributed by atoms with Crippen LogP contribution in [0.2, 0.25) is 0 Å². The topological polar surface area (TPSA) is 30.2 Å². The second kappa shape index (κ2) is 2.66. The molecule has 0 N–H and O–H groups in total. The first-order valence-electron chi connectivity index (χ1n) is 2.28. The van der Waals surface area contributed by atoms with Gasteiger partial charge in [-0.05, 0) is 22.0 Å². The summed E-state index contributed by atoms with van der Waals surface area (Å²) >= 11 is 3.18. The van der Waals surface area contributed by atoms with E-state index in [2.05, 4.69) is 15.9 Å². The van der Waals surface area contributed by atoms with Gasteiger partial charge in [0.1, 0.15) is 0 Å². The minimum Gasteiger partial charge on any atom is -0.454 e. The van der Waals surface area contributed by atoms with Crippen molar-refractivity contribution in [1.82, 2.24) is 0 Å². The summed E-state index contributed by atoms with van der Waals surface area (Å²) in [6.07, 6.45) is 3.07. The third-order valence-electron chi connectivity index (χ3n) is 0.846. The molecule has 0 spiro atoms. The van der Waals surface area contributed by atoms with Crippen LogP contribution in [0.3, 0.4) is 0 Å². The summed E-state index contributed by atoms with van der Waals surface area (Å²) in [4.78, 5) is 0. The first kappa shape index (κ1) is 7.02. The molecule has 0 amide bonds. The molecule has 0 aliphatic heterocycles. The zero-order chi connectivity index (χ0) is 6.85. The SMILES string of the molecule is CS(=O)c1occc1Br. The van der Waals surface area contributed by atoms with Crippen molar-refractivity contribution in [2.75, 3.05) is 6.26 Å². The van der Waals surface area contributed by atoms with Crippen LogP contribution in [0.5, 0.6) is 0 Å². The molecule has 1 rings (SSSR count). The largest absolute Gasteiger partial charge is 0.454 e. The van der Waals surface area contributed by atoms with Crippen molar-refractivity contribution in [3.63, 3.8) is 0 Å². The third-order valence-corrected chi connectivity index (χ3v) is 2.57. The lowest BCUT2D eigenvalue weighted by atomic mass is 10.7. The van der Waals surface area contributed by atoms with E-state index < -0.39 is 10.8 Å². The molecular formula is C5H5BrO2S. The molecule has 0 radical (unpaired) electrons. The highest BCUT2D eigenvalue weighted by Crippen LogP contribution is 2.19. The fraction of sp³-hybridized carbons (Fsp3) is 0.200. The highest BCUT2D eigenvalue weighted by Gasteiger charge is 2.05. The standard InChI is InChI=1S/C5H5BrO2S/c1-9(7)5-4(6)2-3-8-5/h2-3H,1H3. The van der Waals surface area contributed by atoms with Gasteiger partial charge in [0, 0.05) is 6.26 Å². The number of hydrogen-bond acceptors (Lipinski definition) is 2. The van der Waals surface area contributed by atoms with E-state index in [1.54, 1.807) is 12.3 Å². The van der Waals surface area contributed by atoms with Gasteiger partial charge in [0.15, 0.2) is 0 Å². The minimum atomic E-state index is -1.02. The molecular weight excluding hydrogens is 204 g/mol. The van der Waals surface area contributed by atoms with E-state index >= 15 is 0 Å². The Hall–Kier alpha value is -0.0900. The predicted octanol–water partition coefficient (Wildman–Crippen LogP) is 1.78. The summed E-state index contributed by atoms with van der Waals surface area (Å²) in [5.41, 5.74) is 0. The van der Waals surface area contributed by atoms with Gasteiger partial charge >= 0.3 is 0 Å². The molecule has 0 aliphatic rings. The van der Waals surface area contributed by atoms with E-state index in [0.29, 0.717) is 5.09 Å². The second-order valence-corrected chi connectivity index (χ2v) is 3.64. The molecule has 0 bridgehead atoms. The van der Waals surface area contributed by atoms with Crippen LogP contribution < -0.4 is 0 Å². The van der Waals surface area contributed by atoms with Gasteiger partial charge in [0.2, 0.25) is 5.09 Å². The molecule has 1 unspecified atom stereocenters. The molecule has 1 heterocycles. The Kier molecular flexibility index (Phi) is 2.08. The maximum atomic E-state index is 10.7. The summed E-state index contributed by atoms with van der Waals surface area (Å²) < 4.78 is 16.4. The van der Waals surface area contributed by atoms with E-state index in [-0.39, 0.29) is 0 Å². The lowest BCUT2D eigenvalue weighted by Crippen LogP contribution is -1.82. The van der Waals surface area contributed by atoms with Crippen LogP contribution in [0.4, 0.5) is 0 Å². The van der Waals surface area contributed by atoms with Crippen molar-refractivity contribution < 1.29 is 8.63 Å². The molecule has 0 saturated heterocycles. The Morgan fingerprint density at radius 2 is 2.44 bits per heavy atom. The third kappa shape index (κ3) is 1.43. The Balaban J connectivity index is 3.08. The molecule has 50 valence electrons. The van der Waals surface area contributed by atoms with Crippen LogP contribution in [0.25, 0.3) is 0 Å². The van der Waals surface area contributed by atoms with E-state index in [9.17, 15) is 4.21 Å². The molecule has 0 aromatic carbocycles. The number of hydrogen-bond donors (Lipinski definition) is 0. The number of rotatable bonds is 1. The molecule has 2 nitrogen and oxygen atoms in total. The van der Waals surface area contributed by atoms with Crippen LogP contribution in [-0.4, -0.2) is 10.5 Å². The Bertz CT molecular complexity index is 231. The smallest absolute Gasteiger partial charge is 0.203 e. The summed E-state index contributed by atoms with van der Waals surface area (Å²) in [5.74, 6) is 0. The molecule has 1 aromatic rings. The summed E-state index contributed by atoms with van der Waals surface area (Å²) in [6.45, 7) is 0. The van der Waals surface area contributed by atoms with Gasteiger partial charge in [-0.2, -0.15) is 0 Å². The molecule has 0 aliphatic carbocycles. The molecule has 1 atom stereocenters. The minimum absolute atomic E-state index is 0.495. The van der Waals surface area contributed by atoms with Crippen molar-refractivity contribution in [3.8, 4) is 0 Å². The second-order valence-electron chi connectivity index (χ2n) is 1.51. The lowest BCUT2D eigenvalue weighted by molar-refractivity contribution is 0.463. The molecule has 9 heavy (non-hydrogen) atoms. The zero-order valence-corrected chi connectivity index (χ0v) is 7.16. The number of halogens is 1. The normalized spacial score (nSPS) is 13.6. The van der Waals surface area contributed by atoms with Crippen LogP contribution in [0.15, 0.2) is 26.3 Å². The Morgan fingerprint density at radius 3 is 2.67 bits per heavy atom. The predicted molar refractivity (Wildman–Crippen MR) is 38.7 cm³/mol. The lowest BCUT2D eigenvalue weighted by Gasteiger charge is -1.86. The maximum Gasteiger partial charge on any atom is 0.203 e. The van der Waals surface area contributed by atoms with Crippen molar-refractivity contribution in [3.05, 3.63) is 16.8 Å². The van der Waals surface area contributed by atoms with Crippen molar-refractivity contribution in [2.24, 2.45) is 0 Å². The molecule has 0 saturated carbocycles. The van der Waals surface area contributed by atoms with Gasteiger partial charge < -0.3 is 4.42 Å². The van der Waals surface area contributed by atoms with Crippen LogP contribution in [0.1, 0.15) is 0 Å². The van der Waals surface area contributed by atoms with Gasteiger partial charge in [-0.1, -0.05) is 0 Å². The average molecular weight is 209 g/mol. The van der Waals surface area contributed by atoms with Gasteiger partial charge in [0.05, 0.1) is 21.5 Å². The summed E-state index contributed by atoms with van der Waals surface area (Å²) in [7, 11) is -1.02. The highest BCUT2D eigenvalue weighted by atomic mass is 79.9. The van der Waals surface area contributed by atoms with Crippen LogP contribution >= 0.6 is 15.9 Å². The van der Waals surface area contributed by atoms with E-state index in [1.807, 2.05) is 0 Å². The first-order chi connectivity index (χ1) is 4.22. The van der Waals surface area contributed by atoms with Crippen LogP contribution in [-0.2, 0) is 10.8 Å². The maximum absolute atomic E-state index is 10.7. The Morgan fingerprint density at radius 1 is 1.78 bits per heavy atom. The van der Waals surface area contributed by atoms with Gasteiger partial charge in [0.25, 0.3) is 0 Å². The average Bonchev–Trinajstić information content (AvgIpc) is 2.13. The van der Waals surface area contributed by atoms with Gasteiger partial charge in [-0.15, -0.1) is 0 Å². The quantitative estimate of drug-likeness (QED) is 0.705. The first-order valence-corrected chi connectivity index (χ1v) is 4.63. The molecule has 1 aromatic heterocycles. The fourth-order valence-electron chi connectivity index (χ4n) is 0.485. The van der Waals surface area contributed by atoms with Gasteiger partial charge in [-0.25, -0.2) is 0 Å². The fourth-order valence-corrected chi connectivity index (χ4v) is 1.90. The summed E-state index contributed by atoms with van der Waals surface area (Å²) in [6, 6.07) is 1.72. The zero-order valence-electron chi connectivity index (χ0n) is 4.76. The number of furan rings is 1. The molecule has 0 fully saturated rings. The Labute approximate surface area is 63.8 Å². The van der Waals surface area contributed by atoms with Crippen molar-refractivity contribution in [1.29, 1.82) is 0 Å². The van der Waals surface area contributed by atoms with Crippen molar-refractivity contribution >= 4 is 26.7 Å². The monoisotopic (exact) mass is 208 g/mol. The van der Waals surface area contributed by atoms with E-state index in [0.717, 1.165) is 4.47 Å². The van der Waals surface area contributed by atoms with Crippen LogP contribution in [0, 0.1) is 0 Å². The van der Waals surface area contributed by atoms with Gasteiger partial charge in [-0.3, -0.25) is 4.21 Å².